The average molecular weight is 383 g/mol. The third-order valence-electron chi connectivity index (χ3n) is 5.51. The Balaban J connectivity index is 1.43. The molecule has 2 aliphatic rings. The zero-order valence-corrected chi connectivity index (χ0v) is 16.7. The van der Waals surface area contributed by atoms with Crippen LogP contribution in [-0.2, 0) is 13.1 Å². The molecule has 3 heterocycles. The second kappa shape index (κ2) is 8.22. The van der Waals surface area contributed by atoms with Crippen molar-refractivity contribution in [1.82, 2.24) is 19.6 Å². The van der Waals surface area contributed by atoms with Gasteiger partial charge in [-0.3, -0.25) is 4.68 Å². The quantitative estimate of drug-likeness (QED) is 0.885. The van der Waals surface area contributed by atoms with Crippen LogP contribution in [0.1, 0.15) is 30.7 Å². The Bertz CT molecular complexity index is 826. The largest absolute Gasteiger partial charge is 0.488 e. The second-order valence-electron chi connectivity index (χ2n) is 7.82. The highest BCUT2D eigenvalue weighted by atomic mass is 16.5. The molecule has 1 fully saturated rings. The summed E-state index contributed by atoms with van der Waals surface area (Å²) in [5.74, 6) is 0.751. The van der Waals surface area contributed by atoms with Crippen LogP contribution >= 0.6 is 0 Å². The Hall–Kier alpha value is -2.54. The van der Waals surface area contributed by atoms with E-state index in [1.54, 1.807) is 0 Å². The lowest BCUT2D eigenvalue weighted by molar-refractivity contribution is 0.115. The van der Waals surface area contributed by atoms with Crippen LogP contribution in [0.3, 0.4) is 0 Å². The summed E-state index contributed by atoms with van der Waals surface area (Å²) in [6.07, 6.45) is 3.11. The normalized spacial score (nSPS) is 18.4. The summed E-state index contributed by atoms with van der Waals surface area (Å²) in [6.45, 7) is 6.21. The van der Waals surface area contributed by atoms with Gasteiger partial charge in [-0.05, 0) is 51.4 Å². The van der Waals surface area contributed by atoms with E-state index in [1.165, 1.54) is 0 Å². The first-order valence-corrected chi connectivity index (χ1v) is 10.1. The van der Waals surface area contributed by atoms with Crippen molar-refractivity contribution in [1.29, 1.82) is 0 Å². The summed E-state index contributed by atoms with van der Waals surface area (Å²) in [5, 5.41) is 7.57. The van der Waals surface area contributed by atoms with Crippen molar-refractivity contribution in [3.05, 3.63) is 41.7 Å². The van der Waals surface area contributed by atoms with Crippen LogP contribution in [0.5, 0.6) is 5.75 Å². The molecule has 0 aliphatic carbocycles. The van der Waals surface area contributed by atoms with Gasteiger partial charge in [-0.15, -0.1) is 0 Å². The maximum absolute atomic E-state index is 12.9. The number of amides is 2. The molecule has 4 rings (SSSR count). The molecule has 150 valence electrons. The highest BCUT2D eigenvalue weighted by Crippen LogP contribution is 2.28. The zero-order chi connectivity index (χ0) is 19.5. The van der Waals surface area contributed by atoms with E-state index in [-0.39, 0.29) is 12.1 Å². The fourth-order valence-corrected chi connectivity index (χ4v) is 3.93. The van der Waals surface area contributed by atoms with Crippen molar-refractivity contribution in [2.75, 3.05) is 32.0 Å². The third kappa shape index (κ3) is 4.30. The van der Waals surface area contributed by atoms with E-state index in [0.717, 1.165) is 61.7 Å². The fraction of sp³-hybridized carbons (Fsp3) is 0.524. The molecule has 1 saturated heterocycles. The van der Waals surface area contributed by atoms with E-state index in [1.807, 2.05) is 40.8 Å². The van der Waals surface area contributed by atoms with Gasteiger partial charge >= 0.3 is 6.03 Å². The first-order chi connectivity index (χ1) is 13.6. The van der Waals surface area contributed by atoms with Crippen LogP contribution in [-0.4, -0.2) is 58.4 Å². The summed E-state index contributed by atoms with van der Waals surface area (Å²) < 4.78 is 8.25. The number of para-hydroxylation sites is 2. The average Bonchev–Trinajstić information content (AvgIpc) is 2.91. The van der Waals surface area contributed by atoms with Crippen LogP contribution in [0, 0.1) is 6.92 Å². The van der Waals surface area contributed by atoms with Crippen LogP contribution in [0.25, 0.3) is 0 Å². The standard InChI is InChI=1S/C21H29N5O2/c1-16-14-17-15-25(10-5-11-26(17)23-16)21(27)22-19-6-3-4-7-20(19)28-18-8-12-24(2)13-9-18/h3-4,6-7,14,18H,5,8-13,15H2,1-2H3,(H,22,27). The molecule has 1 aromatic carbocycles. The number of urea groups is 1. The number of anilines is 1. The maximum Gasteiger partial charge on any atom is 0.322 e. The molecule has 1 N–H and O–H groups in total. The molecule has 0 radical (unpaired) electrons. The minimum Gasteiger partial charge on any atom is -0.488 e. The molecular formula is C21H29N5O2. The molecule has 7 heteroatoms. The van der Waals surface area contributed by atoms with Gasteiger partial charge in [-0.2, -0.15) is 5.10 Å². The first-order valence-electron chi connectivity index (χ1n) is 10.1. The van der Waals surface area contributed by atoms with Crippen molar-refractivity contribution in [2.45, 2.75) is 45.4 Å². The molecule has 2 amide bonds. The monoisotopic (exact) mass is 383 g/mol. The number of piperidine rings is 1. The van der Waals surface area contributed by atoms with Crippen molar-refractivity contribution < 1.29 is 9.53 Å². The summed E-state index contributed by atoms with van der Waals surface area (Å²) in [6, 6.07) is 9.70. The van der Waals surface area contributed by atoms with Gasteiger partial charge in [0.15, 0.2) is 0 Å². The second-order valence-corrected chi connectivity index (χ2v) is 7.82. The van der Waals surface area contributed by atoms with Crippen LogP contribution in [0.4, 0.5) is 10.5 Å². The minimum atomic E-state index is -0.0910. The van der Waals surface area contributed by atoms with E-state index >= 15 is 0 Å². The minimum absolute atomic E-state index is 0.0910. The van der Waals surface area contributed by atoms with E-state index in [2.05, 4.69) is 28.4 Å². The molecule has 0 atom stereocenters. The Labute approximate surface area is 166 Å². The van der Waals surface area contributed by atoms with E-state index in [4.69, 9.17) is 4.74 Å². The molecule has 7 nitrogen and oxygen atoms in total. The topological polar surface area (TPSA) is 62.6 Å². The maximum atomic E-state index is 12.9. The number of carbonyl (C=O) groups is 1. The fourth-order valence-electron chi connectivity index (χ4n) is 3.93. The predicted molar refractivity (Wildman–Crippen MR) is 109 cm³/mol. The highest BCUT2D eigenvalue weighted by Gasteiger charge is 2.22. The third-order valence-corrected chi connectivity index (χ3v) is 5.51. The molecule has 28 heavy (non-hydrogen) atoms. The van der Waals surface area contributed by atoms with E-state index < -0.39 is 0 Å². The Morgan fingerprint density at radius 2 is 1.96 bits per heavy atom. The van der Waals surface area contributed by atoms with Gasteiger partial charge in [0, 0.05) is 26.2 Å². The number of ether oxygens (including phenoxy) is 1. The molecule has 0 saturated carbocycles. The van der Waals surface area contributed by atoms with Gasteiger partial charge < -0.3 is 19.9 Å². The lowest BCUT2D eigenvalue weighted by atomic mass is 10.1. The number of aromatic nitrogens is 2. The Morgan fingerprint density at radius 1 is 1.18 bits per heavy atom. The predicted octanol–water partition coefficient (Wildman–Crippen LogP) is 3.10. The van der Waals surface area contributed by atoms with Gasteiger partial charge in [0.05, 0.1) is 23.6 Å². The number of nitrogens with one attached hydrogen (secondary N) is 1. The Morgan fingerprint density at radius 3 is 2.79 bits per heavy atom. The summed E-state index contributed by atoms with van der Waals surface area (Å²) in [7, 11) is 2.14. The molecule has 0 spiro atoms. The number of hydrogen-bond donors (Lipinski definition) is 1. The molecule has 0 unspecified atom stereocenters. The number of aryl methyl sites for hydroxylation is 2. The summed E-state index contributed by atoms with van der Waals surface area (Å²) >= 11 is 0. The van der Waals surface area contributed by atoms with Crippen LogP contribution in [0.2, 0.25) is 0 Å². The first kappa shape index (κ1) is 18.8. The summed E-state index contributed by atoms with van der Waals surface area (Å²) in [4.78, 5) is 17.1. The van der Waals surface area contributed by atoms with Crippen molar-refractivity contribution in [3.8, 4) is 5.75 Å². The smallest absolute Gasteiger partial charge is 0.322 e. The zero-order valence-electron chi connectivity index (χ0n) is 16.7. The summed E-state index contributed by atoms with van der Waals surface area (Å²) in [5.41, 5.74) is 2.82. The van der Waals surface area contributed by atoms with Gasteiger partial charge in [0.1, 0.15) is 11.9 Å². The molecule has 0 bridgehead atoms. The number of rotatable bonds is 3. The van der Waals surface area contributed by atoms with Gasteiger partial charge in [0.2, 0.25) is 0 Å². The number of hydrogen-bond acceptors (Lipinski definition) is 4. The number of fused-ring (bicyclic) bond motifs is 1. The van der Waals surface area contributed by atoms with Crippen molar-refractivity contribution >= 4 is 11.7 Å². The molecule has 1 aromatic heterocycles. The van der Waals surface area contributed by atoms with Crippen LogP contribution in [0.15, 0.2) is 30.3 Å². The number of likely N-dealkylation sites (tertiary alicyclic amines) is 1. The van der Waals surface area contributed by atoms with Crippen LogP contribution < -0.4 is 10.1 Å². The number of nitrogens with zero attached hydrogens (tertiary/aromatic N) is 4. The van der Waals surface area contributed by atoms with Crippen molar-refractivity contribution in [2.24, 2.45) is 0 Å². The number of benzene rings is 1. The van der Waals surface area contributed by atoms with E-state index in [9.17, 15) is 4.79 Å². The van der Waals surface area contributed by atoms with E-state index in [0.29, 0.717) is 13.1 Å². The highest BCUT2D eigenvalue weighted by molar-refractivity contribution is 5.91. The van der Waals surface area contributed by atoms with Gasteiger partial charge in [-0.1, -0.05) is 12.1 Å². The van der Waals surface area contributed by atoms with Gasteiger partial charge in [-0.25, -0.2) is 4.79 Å². The SMILES string of the molecule is Cc1cc2n(n1)CCCN(C(=O)Nc1ccccc1OC1CCN(C)CC1)C2. The molecular weight excluding hydrogens is 354 g/mol. The lowest BCUT2D eigenvalue weighted by Crippen LogP contribution is -2.36. The van der Waals surface area contributed by atoms with Gasteiger partial charge in [0.25, 0.3) is 0 Å². The molecule has 2 aliphatic heterocycles. The molecule has 2 aromatic rings. The number of carbonyl (C=O) groups excluding carboxylic acids is 1. The Kier molecular flexibility index (Phi) is 5.52. The lowest BCUT2D eigenvalue weighted by Gasteiger charge is -2.30. The van der Waals surface area contributed by atoms with Crippen molar-refractivity contribution in [3.63, 3.8) is 0 Å².